The second-order valence-corrected chi connectivity index (χ2v) is 23.4. The molecule has 0 bridgehead atoms. The fourth-order valence-electron chi connectivity index (χ4n) is 8.95. The molecule has 2 N–H and O–H groups in total. The van der Waals surface area contributed by atoms with E-state index in [1.165, 1.54) is 218 Å². The van der Waals surface area contributed by atoms with Crippen LogP contribution in [0.1, 0.15) is 290 Å². The summed E-state index contributed by atoms with van der Waals surface area (Å²) >= 11 is 0. The van der Waals surface area contributed by atoms with Crippen LogP contribution in [0.3, 0.4) is 0 Å². The Balaban J connectivity index is 3.99. The molecule has 0 aromatic carbocycles. The summed E-state index contributed by atoms with van der Waals surface area (Å²) in [6, 6.07) is -0.909. The molecule has 0 aromatic heterocycles. The highest BCUT2D eigenvalue weighted by Gasteiger charge is 2.23. The highest BCUT2D eigenvalue weighted by atomic mass is 31.2. The number of phosphoric acid groups is 1. The molecule has 0 rings (SSSR count). The van der Waals surface area contributed by atoms with Crippen molar-refractivity contribution >= 4 is 13.7 Å². The van der Waals surface area contributed by atoms with Gasteiger partial charge in [0, 0.05) is 6.42 Å². The van der Waals surface area contributed by atoms with Gasteiger partial charge in [-0.1, -0.05) is 262 Å². The number of amides is 1. The van der Waals surface area contributed by atoms with Crippen LogP contribution in [0.4, 0.5) is 0 Å². The van der Waals surface area contributed by atoms with Gasteiger partial charge in [-0.25, -0.2) is 0 Å². The molecule has 3 atom stereocenters. The number of aliphatic hydroxyl groups is 1. The van der Waals surface area contributed by atoms with E-state index in [1.54, 1.807) is 6.08 Å². The number of quaternary nitrogens is 1. The van der Waals surface area contributed by atoms with Crippen molar-refractivity contribution in [2.45, 2.75) is 302 Å². The van der Waals surface area contributed by atoms with Gasteiger partial charge >= 0.3 is 0 Å². The summed E-state index contributed by atoms with van der Waals surface area (Å²) in [7, 11) is 1.24. The fourth-order valence-corrected chi connectivity index (χ4v) is 9.67. The van der Waals surface area contributed by atoms with Crippen LogP contribution in [0.25, 0.3) is 0 Å². The molecule has 3 unspecified atom stereocenters. The molecule has 0 saturated carbocycles. The molecular weight excluding hydrogens is 900 g/mol. The molecule has 0 aliphatic heterocycles. The molecule has 0 aliphatic rings. The Hall–Kier alpha value is -1.54. The summed E-state index contributed by atoms with van der Waals surface area (Å²) < 4.78 is 23.3. The zero-order chi connectivity index (χ0) is 52.0. The third-order valence-electron chi connectivity index (χ3n) is 13.7. The number of nitrogens with one attached hydrogen (secondary N) is 1. The van der Waals surface area contributed by atoms with Crippen molar-refractivity contribution in [3.63, 3.8) is 0 Å². The van der Waals surface area contributed by atoms with Gasteiger partial charge in [0.15, 0.2) is 0 Å². The first-order valence-corrected chi connectivity index (χ1v) is 32.0. The van der Waals surface area contributed by atoms with E-state index in [9.17, 15) is 19.4 Å². The Kier molecular flexibility index (Phi) is 52.1. The molecule has 0 aromatic rings. The van der Waals surface area contributed by atoms with Gasteiger partial charge in [-0.15, -0.1) is 0 Å². The number of likely N-dealkylation sites (N-methyl/N-ethyl adjacent to an activating group) is 1. The van der Waals surface area contributed by atoms with Gasteiger partial charge in [0.1, 0.15) is 13.2 Å². The zero-order valence-corrected chi connectivity index (χ0v) is 48.6. The molecule has 0 radical (unpaired) electrons. The first kappa shape index (κ1) is 69.5. The van der Waals surface area contributed by atoms with Crippen molar-refractivity contribution in [3.8, 4) is 0 Å². The van der Waals surface area contributed by atoms with Gasteiger partial charge in [-0.05, 0) is 70.6 Å². The topological polar surface area (TPSA) is 108 Å². The van der Waals surface area contributed by atoms with E-state index >= 15 is 0 Å². The van der Waals surface area contributed by atoms with Crippen LogP contribution < -0.4 is 10.2 Å². The average Bonchev–Trinajstić information content (AvgIpc) is 3.33. The monoisotopic (exact) mass is 1020 g/mol. The SMILES string of the molecule is CCCCCC/C=C/CC/C=C/CC/C=C/C(O)C(COP(=O)([O-])OCC[N+](C)(C)C)NC(=O)CCCCCCCCCCCCCCCCCCC/C=C\CCCCCCCCCCCCCCCC. The summed E-state index contributed by atoms with van der Waals surface area (Å²) in [5, 5.41) is 13.8. The Bertz CT molecular complexity index is 1290. The quantitative estimate of drug-likeness (QED) is 0.0272. The van der Waals surface area contributed by atoms with Gasteiger partial charge in [-0.2, -0.15) is 0 Å². The van der Waals surface area contributed by atoms with E-state index < -0.39 is 26.6 Å². The van der Waals surface area contributed by atoms with Gasteiger partial charge < -0.3 is 28.8 Å². The van der Waals surface area contributed by atoms with E-state index in [0.717, 1.165) is 51.4 Å². The summed E-state index contributed by atoms with van der Waals surface area (Å²) in [6.45, 7) is 4.62. The predicted octanol–water partition coefficient (Wildman–Crippen LogP) is 18.1. The number of nitrogens with zero attached hydrogens (tertiary/aromatic N) is 1. The van der Waals surface area contributed by atoms with Crippen LogP contribution >= 0.6 is 7.82 Å². The summed E-state index contributed by atoms with van der Waals surface area (Å²) in [6.07, 6.45) is 70.8. The molecule has 0 saturated heterocycles. The lowest BCUT2D eigenvalue weighted by Gasteiger charge is -2.29. The van der Waals surface area contributed by atoms with Gasteiger partial charge in [-0.3, -0.25) is 9.36 Å². The third kappa shape index (κ3) is 56.0. The number of carbonyl (C=O) groups is 1. The summed E-state index contributed by atoms with van der Waals surface area (Å²) in [5.74, 6) is -0.209. The van der Waals surface area contributed by atoms with Gasteiger partial charge in [0.2, 0.25) is 5.91 Å². The standard InChI is InChI=1S/C62H119N2O6P/c1-6-8-10-12-14-16-18-20-22-23-24-25-26-27-28-29-30-31-32-33-34-35-36-37-38-39-40-41-42-44-46-48-50-52-54-56-62(66)63-60(59-70-71(67,68)69-58-57-64(3,4)5)61(65)55-53-51-49-47-45-43-21-19-17-15-13-11-9-7-2/h17,19,29-30,45,47,53,55,60-61,65H,6-16,18,20-28,31-44,46,48-52,54,56-59H2,1-5H3,(H-,63,66,67,68)/b19-17+,30-29-,47-45+,55-53+. The number of phosphoric ester groups is 1. The molecular formula is C62H119N2O6P. The maximum absolute atomic E-state index is 12.9. The lowest BCUT2D eigenvalue weighted by atomic mass is 10.0. The maximum Gasteiger partial charge on any atom is 0.268 e. The number of allylic oxidation sites excluding steroid dienone is 7. The van der Waals surface area contributed by atoms with Crippen molar-refractivity contribution in [1.29, 1.82) is 0 Å². The molecule has 8 nitrogen and oxygen atoms in total. The van der Waals surface area contributed by atoms with Crippen LogP contribution in [0.5, 0.6) is 0 Å². The molecule has 418 valence electrons. The van der Waals surface area contributed by atoms with Crippen molar-refractivity contribution in [3.05, 3.63) is 48.6 Å². The molecule has 1 amide bonds. The second-order valence-electron chi connectivity index (χ2n) is 22.0. The highest BCUT2D eigenvalue weighted by molar-refractivity contribution is 7.45. The zero-order valence-electron chi connectivity index (χ0n) is 47.7. The second kappa shape index (κ2) is 53.3. The largest absolute Gasteiger partial charge is 0.756 e. The van der Waals surface area contributed by atoms with Crippen LogP contribution in [0.2, 0.25) is 0 Å². The Morgan fingerprint density at radius 2 is 0.789 bits per heavy atom. The molecule has 0 spiro atoms. The van der Waals surface area contributed by atoms with Crippen LogP contribution in [0.15, 0.2) is 48.6 Å². The van der Waals surface area contributed by atoms with Crippen molar-refractivity contribution in [2.24, 2.45) is 0 Å². The maximum atomic E-state index is 12.9. The van der Waals surface area contributed by atoms with Crippen molar-refractivity contribution in [1.82, 2.24) is 5.32 Å². The molecule has 9 heteroatoms. The predicted molar refractivity (Wildman–Crippen MR) is 307 cm³/mol. The minimum absolute atomic E-state index is 0.00881. The Labute approximate surface area is 441 Å². The lowest BCUT2D eigenvalue weighted by molar-refractivity contribution is -0.870. The number of hydrogen-bond donors (Lipinski definition) is 2. The fraction of sp³-hybridized carbons (Fsp3) is 0.855. The minimum Gasteiger partial charge on any atom is -0.756 e. The van der Waals surface area contributed by atoms with E-state index in [-0.39, 0.29) is 12.5 Å². The lowest BCUT2D eigenvalue weighted by Crippen LogP contribution is -2.45. The number of hydrogen-bond acceptors (Lipinski definition) is 6. The Morgan fingerprint density at radius 1 is 0.479 bits per heavy atom. The van der Waals surface area contributed by atoms with Crippen LogP contribution in [0, 0.1) is 0 Å². The number of carbonyl (C=O) groups excluding carboxylic acids is 1. The highest BCUT2D eigenvalue weighted by Crippen LogP contribution is 2.38. The normalized spacial score (nSPS) is 14.2. The summed E-state index contributed by atoms with van der Waals surface area (Å²) in [4.78, 5) is 25.5. The molecule has 0 aliphatic carbocycles. The first-order chi connectivity index (χ1) is 34.5. The van der Waals surface area contributed by atoms with E-state index in [1.807, 2.05) is 27.2 Å². The van der Waals surface area contributed by atoms with Crippen molar-refractivity contribution in [2.75, 3.05) is 40.9 Å². The van der Waals surface area contributed by atoms with E-state index in [2.05, 4.69) is 55.6 Å². The molecule has 71 heavy (non-hydrogen) atoms. The molecule has 0 fully saturated rings. The smallest absolute Gasteiger partial charge is 0.268 e. The van der Waals surface area contributed by atoms with Gasteiger partial charge in [0.05, 0.1) is 39.9 Å². The van der Waals surface area contributed by atoms with E-state index in [4.69, 9.17) is 9.05 Å². The molecule has 0 heterocycles. The summed E-state index contributed by atoms with van der Waals surface area (Å²) in [5.41, 5.74) is 0. The Morgan fingerprint density at radius 3 is 1.15 bits per heavy atom. The average molecular weight is 1020 g/mol. The number of unbranched alkanes of at least 4 members (excludes halogenated alkanes) is 37. The number of aliphatic hydroxyl groups excluding tert-OH is 1. The third-order valence-corrected chi connectivity index (χ3v) is 14.7. The van der Waals surface area contributed by atoms with Crippen LogP contribution in [-0.2, 0) is 18.4 Å². The minimum atomic E-state index is -4.61. The van der Waals surface area contributed by atoms with Gasteiger partial charge in [0.25, 0.3) is 7.82 Å². The number of rotatable bonds is 56. The van der Waals surface area contributed by atoms with Crippen molar-refractivity contribution < 1.29 is 32.9 Å². The van der Waals surface area contributed by atoms with Crippen LogP contribution in [-0.4, -0.2) is 68.5 Å². The first-order valence-electron chi connectivity index (χ1n) is 30.5. The van der Waals surface area contributed by atoms with E-state index in [0.29, 0.717) is 17.4 Å².